The third kappa shape index (κ3) is 6.17. The average Bonchev–Trinajstić information content (AvgIpc) is 2.65. The molecule has 0 fully saturated rings. The quantitative estimate of drug-likeness (QED) is 0.351. The Labute approximate surface area is 143 Å². The summed E-state index contributed by atoms with van der Waals surface area (Å²) in [5.74, 6) is 0.0907. The highest BCUT2D eigenvalue weighted by Crippen LogP contribution is 2.06. The van der Waals surface area contributed by atoms with Gasteiger partial charge in [-0.15, -0.1) is 0 Å². The van der Waals surface area contributed by atoms with Crippen molar-refractivity contribution in [2.24, 2.45) is 0 Å². The maximum absolute atomic E-state index is 11.9. The van der Waals surface area contributed by atoms with Gasteiger partial charge in [0.2, 0.25) is 0 Å². The van der Waals surface area contributed by atoms with Gasteiger partial charge in [-0.05, 0) is 37.8 Å². The van der Waals surface area contributed by atoms with Crippen molar-refractivity contribution < 1.29 is 9.59 Å². The molecule has 0 aliphatic carbocycles. The van der Waals surface area contributed by atoms with Crippen molar-refractivity contribution in [2.75, 3.05) is 0 Å². The molecule has 0 amide bonds. The Balaban J connectivity index is 1.61. The zero-order valence-electron chi connectivity index (χ0n) is 13.7. The van der Waals surface area contributed by atoms with E-state index in [1.807, 2.05) is 72.8 Å². The first-order valence-electron chi connectivity index (χ1n) is 8.29. The largest absolute Gasteiger partial charge is 0.289 e. The van der Waals surface area contributed by atoms with Gasteiger partial charge >= 0.3 is 0 Å². The molecule has 0 aromatic heterocycles. The summed E-state index contributed by atoms with van der Waals surface area (Å²) in [5.41, 5.74) is 1.44. The summed E-state index contributed by atoms with van der Waals surface area (Å²) >= 11 is 0. The van der Waals surface area contributed by atoms with Gasteiger partial charge in [-0.1, -0.05) is 72.8 Å². The number of rotatable bonds is 9. The predicted molar refractivity (Wildman–Crippen MR) is 98.3 cm³/mol. The molecule has 0 heterocycles. The van der Waals surface area contributed by atoms with Crippen LogP contribution >= 0.6 is 0 Å². The normalized spacial score (nSPS) is 11.2. The van der Waals surface area contributed by atoms with E-state index in [9.17, 15) is 9.59 Å². The van der Waals surface area contributed by atoms with Crippen LogP contribution in [0.15, 0.2) is 85.0 Å². The summed E-state index contributed by atoms with van der Waals surface area (Å²) < 4.78 is 0. The zero-order valence-corrected chi connectivity index (χ0v) is 13.7. The third-order valence-electron chi connectivity index (χ3n) is 3.65. The fraction of sp³-hybridized carbons (Fsp3) is 0.182. The van der Waals surface area contributed by atoms with Crippen LogP contribution in [-0.2, 0) is 0 Å². The molecule has 2 rings (SSSR count). The molecule has 0 aliphatic heterocycles. The van der Waals surface area contributed by atoms with E-state index in [4.69, 9.17) is 0 Å². The van der Waals surface area contributed by atoms with Crippen molar-refractivity contribution in [2.45, 2.75) is 25.7 Å². The van der Waals surface area contributed by atoms with Crippen LogP contribution in [0.1, 0.15) is 46.4 Å². The highest BCUT2D eigenvalue weighted by atomic mass is 16.1. The summed E-state index contributed by atoms with van der Waals surface area (Å²) in [6, 6.07) is 18.5. The average molecular weight is 318 g/mol. The standard InChI is InChI=1S/C22H22O2/c23-21(19-13-7-5-8-14-19)17-11-3-1-2-4-12-18-22(24)20-15-9-6-10-16-20/h5-18H,1-4H2/b17-11+,18-12+. The van der Waals surface area contributed by atoms with Crippen molar-refractivity contribution in [3.8, 4) is 0 Å². The second-order valence-corrected chi connectivity index (χ2v) is 5.55. The molecule has 2 nitrogen and oxygen atoms in total. The van der Waals surface area contributed by atoms with Gasteiger partial charge in [0.1, 0.15) is 0 Å². The number of carbonyl (C=O) groups excluding carboxylic acids is 2. The van der Waals surface area contributed by atoms with Gasteiger partial charge in [0.05, 0.1) is 0 Å². The van der Waals surface area contributed by atoms with Gasteiger partial charge in [0.15, 0.2) is 11.6 Å². The number of ketones is 2. The lowest BCUT2D eigenvalue weighted by Gasteiger charge is -1.96. The number of hydrogen-bond acceptors (Lipinski definition) is 2. The van der Waals surface area contributed by atoms with Crippen LogP contribution in [0, 0.1) is 0 Å². The SMILES string of the molecule is O=C(/C=C/CCCC/C=C/C(=O)c1ccccc1)c1ccccc1. The van der Waals surface area contributed by atoms with Crippen LogP contribution in [0.25, 0.3) is 0 Å². The highest BCUT2D eigenvalue weighted by Gasteiger charge is 1.99. The molecule has 0 saturated carbocycles. The highest BCUT2D eigenvalue weighted by molar-refractivity contribution is 6.04. The predicted octanol–water partition coefficient (Wildman–Crippen LogP) is 5.43. The molecule has 0 aliphatic rings. The van der Waals surface area contributed by atoms with Gasteiger partial charge in [0.25, 0.3) is 0 Å². The van der Waals surface area contributed by atoms with E-state index in [1.165, 1.54) is 0 Å². The molecule has 0 saturated heterocycles. The first-order chi connectivity index (χ1) is 11.8. The van der Waals surface area contributed by atoms with Crippen molar-refractivity contribution in [3.63, 3.8) is 0 Å². The molecule has 0 bridgehead atoms. The van der Waals surface area contributed by atoms with E-state index in [0.29, 0.717) is 0 Å². The van der Waals surface area contributed by atoms with E-state index < -0.39 is 0 Å². The fourth-order valence-electron chi connectivity index (χ4n) is 2.30. The van der Waals surface area contributed by atoms with Crippen molar-refractivity contribution in [1.29, 1.82) is 0 Å². The Bertz CT molecular complexity index is 634. The number of carbonyl (C=O) groups is 2. The van der Waals surface area contributed by atoms with Crippen molar-refractivity contribution in [3.05, 3.63) is 96.1 Å². The van der Waals surface area contributed by atoms with Crippen LogP contribution in [0.3, 0.4) is 0 Å². The minimum absolute atomic E-state index is 0.0453. The second-order valence-electron chi connectivity index (χ2n) is 5.55. The van der Waals surface area contributed by atoms with Crippen molar-refractivity contribution in [1.82, 2.24) is 0 Å². The molecule has 2 heteroatoms. The first-order valence-corrected chi connectivity index (χ1v) is 8.29. The molecule has 2 aromatic rings. The number of unbranched alkanes of at least 4 members (excludes halogenated alkanes) is 3. The maximum atomic E-state index is 11.9. The van der Waals surface area contributed by atoms with Gasteiger partial charge in [0, 0.05) is 11.1 Å². The first kappa shape index (κ1) is 17.6. The zero-order chi connectivity index (χ0) is 17.0. The van der Waals surface area contributed by atoms with Crippen LogP contribution in [-0.4, -0.2) is 11.6 Å². The van der Waals surface area contributed by atoms with Crippen LogP contribution in [0.5, 0.6) is 0 Å². The van der Waals surface area contributed by atoms with Gasteiger partial charge in [-0.3, -0.25) is 9.59 Å². The Hall–Kier alpha value is -2.74. The Morgan fingerprint density at radius 2 is 1.00 bits per heavy atom. The monoisotopic (exact) mass is 318 g/mol. The minimum atomic E-state index is 0.0453. The van der Waals surface area contributed by atoms with E-state index in [0.717, 1.165) is 36.8 Å². The lowest BCUT2D eigenvalue weighted by Crippen LogP contribution is -1.93. The topological polar surface area (TPSA) is 34.1 Å². The molecule has 122 valence electrons. The second kappa shape index (κ2) is 10.1. The van der Waals surface area contributed by atoms with E-state index >= 15 is 0 Å². The molecule has 2 aromatic carbocycles. The number of benzene rings is 2. The van der Waals surface area contributed by atoms with Crippen molar-refractivity contribution >= 4 is 11.6 Å². The Morgan fingerprint density at radius 3 is 1.38 bits per heavy atom. The smallest absolute Gasteiger partial charge is 0.185 e. The number of allylic oxidation sites excluding steroid dienone is 4. The van der Waals surface area contributed by atoms with Gasteiger partial charge < -0.3 is 0 Å². The van der Waals surface area contributed by atoms with E-state index in [1.54, 1.807) is 12.2 Å². The number of hydrogen-bond donors (Lipinski definition) is 0. The van der Waals surface area contributed by atoms with Crippen LogP contribution in [0.4, 0.5) is 0 Å². The molecule has 0 N–H and O–H groups in total. The van der Waals surface area contributed by atoms with E-state index in [-0.39, 0.29) is 11.6 Å². The van der Waals surface area contributed by atoms with Gasteiger partial charge in [-0.25, -0.2) is 0 Å². The Kier molecular flexibility index (Phi) is 7.42. The molecule has 0 atom stereocenters. The molecular weight excluding hydrogens is 296 g/mol. The fourth-order valence-corrected chi connectivity index (χ4v) is 2.30. The van der Waals surface area contributed by atoms with Crippen LogP contribution in [0.2, 0.25) is 0 Å². The molecule has 0 radical (unpaired) electrons. The maximum Gasteiger partial charge on any atom is 0.185 e. The summed E-state index contributed by atoms with van der Waals surface area (Å²) in [4.78, 5) is 23.7. The lowest BCUT2D eigenvalue weighted by atomic mass is 10.1. The third-order valence-corrected chi connectivity index (χ3v) is 3.65. The molecule has 24 heavy (non-hydrogen) atoms. The summed E-state index contributed by atoms with van der Waals surface area (Å²) in [7, 11) is 0. The molecule has 0 unspecified atom stereocenters. The lowest BCUT2D eigenvalue weighted by molar-refractivity contribution is 0.103. The summed E-state index contributed by atoms with van der Waals surface area (Å²) in [6.45, 7) is 0. The van der Waals surface area contributed by atoms with Gasteiger partial charge in [-0.2, -0.15) is 0 Å². The summed E-state index contributed by atoms with van der Waals surface area (Å²) in [6.07, 6.45) is 10.9. The molecule has 0 spiro atoms. The Morgan fingerprint density at radius 1 is 0.625 bits per heavy atom. The summed E-state index contributed by atoms with van der Waals surface area (Å²) in [5, 5.41) is 0. The minimum Gasteiger partial charge on any atom is -0.289 e. The van der Waals surface area contributed by atoms with Crippen LogP contribution < -0.4 is 0 Å². The molecular formula is C22H22O2. The van der Waals surface area contributed by atoms with E-state index in [2.05, 4.69) is 0 Å².